The summed E-state index contributed by atoms with van der Waals surface area (Å²) in [5, 5.41) is 28.4. The molecule has 1 unspecified atom stereocenters. The van der Waals surface area contributed by atoms with Crippen LogP contribution in [-0.4, -0.2) is 57.3 Å². The molecule has 16 heavy (non-hydrogen) atoms. The van der Waals surface area contributed by atoms with Gasteiger partial charge < -0.3 is 20.1 Å². The molecule has 1 heterocycles. The summed E-state index contributed by atoms with van der Waals surface area (Å²) in [7, 11) is -2.67. The highest BCUT2D eigenvalue weighted by Gasteiger charge is 2.41. The summed E-state index contributed by atoms with van der Waals surface area (Å²) in [6.45, 7) is 1.50. The maximum atomic E-state index is 10.2. The Balaban J connectivity index is 2.44. The first-order valence-corrected chi connectivity index (χ1v) is 6.05. The van der Waals surface area contributed by atoms with Gasteiger partial charge in [-0.15, -0.1) is 9.42 Å². The SMILES string of the molecule is C[C@@H]1O[C@@H](CCO[P+](=O)O)[C@@H](O)[C@H](O)[C@@H]1O. The minimum absolute atomic E-state index is 0.0665. The molecule has 0 aromatic rings. The zero-order valence-electron chi connectivity index (χ0n) is 8.76. The average Bonchev–Trinajstić information content (AvgIpc) is 2.22. The summed E-state index contributed by atoms with van der Waals surface area (Å²) >= 11 is 0. The molecule has 94 valence electrons. The second-order valence-corrected chi connectivity index (χ2v) is 4.45. The van der Waals surface area contributed by atoms with Crippen LogP contribution in [-0.2, 0) is 13.8 Å². The van der Waals surface area contributed by atoms with Crippen LogP contribution in [0, 0.1) is 0 Å². The number of aliphatic hydroxyl groups excluding tert-OH is 3. The third-order valence-electron chi connectivity index (χ3n) is 2.56. The Bertz CT molecular complexity index is 249. The second-order valence-electron chi connectivity index (χ2n) is 3.71. The molecule has 0 saturated carbocycles. The molecule has 1 aliphatic heterocycles. The van der Waals surface area contributed by atoms with Crippen LogP contribution in [0.2, 0.25) is 0 Å². The quantitative estimate of drug-likeness (QED) is 0.472. The molecule has 0 aromatic heterocycles. The Labute approximate surface area is 93.6 Å². The van der Waals surface area contributed by atoms with E-state index in [4.69, 9.17) is 9.63 Å². The predicted molar refractivity (Wildman–Crippen MR) is 52.7 cm³/mol. The van der Waals surface area contributed by atoms with Crippen molar-refractivity contribution < 1.29 is 34.0 Å². The van der Waals surface area contributed by atoms with Crippen LogP contribution >= 0.6 is 8.25 Å². The molecule has 0 spiro atoms. The van der Waals surface area contributed by atoms with E-state index in [1.165, 1.54) is 0 Å². The third-order valence-corrected chi connectivity index (χ3v) is 2.96. The fourth-order valence-corrected chi connectivity index (χ4v) is 1.88. The lowest BCUT2D eigenvalue weighted by Crippen LogP contribution is -2.56. The smallest absolute Gasteiger partial charge is 0.388 e. The Hall–Kier alpha value is -0.140. The van der Waals surface area contributed by atoms with E-state index < -0.39 is 38.8 Å². The van der Waals surface area contributed by atoms with Crippen LogP contribution in [0.5, 0.6) is 0 Å². The Morgan fingerprint density at radius 3 is 2.44 bits per heavy atom. The van der Waals surface area contributed by atoms with Gasteiger partial charge in [0.1, 0.15) is 24.9 Å². The van der Waals surface area contributed by atoms with Crippen molar-refractivity contribution in [3.63, 3.8) is 0 Å². The lowest BCUT2D eigenvalue weighted by atomic mass is 9.94. The van der Waals surface area contributed by atoms with Crippen molar-refractivity contribution in [1.82, 2.24) is 0 Å². The molecule has 1 rings (SSSR count). The van der Waals surface area contributed by atoms with Gasteiger partial charge in [-0.05, 0) is 6.92 Å². The number of ether oxygens (including phenoxy) is 1. The normalized spacial score (nSPS) is 40.8. The topological polar surface area (TPSA) is 116 Å². The largest absolute Gasteiger partial charge is 0.694 e. The van der Waals surface area contributed by atoms with Crippen LogP contribution in [0.25, 0.3) is 0 Å². The molecule has 4 N–H and O–H groups in total. The molecule has 0 aliphatic carbocycles. The number of hydrogen-bond donors (Lipinski definition) is 4. The standard InChI is InChI=1S/C8H15O7P/c1-4-6(9)8(11)7(10)5(15-4)2-3-14-16(12)13/h4-11H,2-3H2,1H3/p+1/t4-,5-,6+,7+,8+/m0/s1. The highest BCUT2D eigenvalue weighted by Crippen LogP contribution is 2.24. The van der Waals surface area contributed by atoms with Crippen molar-refractivity contribution >= 4 is 8.25 Å². The van der Waals surface area contributed by atoms with Crippen LogP contribution in [0.1, 0.15) is 13.3 Å². The minimum atomic E-state index is -2.67. The van der Waals surface area contributed by atoms with Crippen LogP contribution in [0.3, 0.4) is 0 Å². The molecule has 8 heteroatoms. The van der Waals surface area contributed by atoms with E-state index >= 15 is 0 Å². The van der Waals surface area contributed by atoms with Gasteiger partial charge in [0.05, 0.1) is 12.2 Å². The zero-order chi connectivity index (χ0) is 12.3. The Kier molecular flexibility index (Phi) is 5.20. The van der Waals surface area contributed by atoms with Crippen molar-refractivity contribution in [2.45, 2.75) is 43.9 Å². The fraction of sp³-hybridized carbons (Fsp3) is 1.00. The molecular formula is C8H16O7P+. The fourth-order valence-electron chi connectivity index (χ4n) is 1.62. The molecule has 0 radical (unpaired) electrons. The molecule has 0 aromatic carbocycles. The lowest BCUT2D eigenvalue weighted by Gasteiger charge is -2.39. The maximum absolute atomic E-state index is 10.2. The van der Waals surface area contributed by atoms with E-state index in [-0.39, 0.29) is 13.0 Å². The minimum Gasteiger partial charge on any atom is -0.388 e. The van der Waals surface area contributed by atoms with Crippen molar-refractivity contribution in [1.29, 1.82) is 0 Å². The van der Waals surface area contributed by atoms with Gasteiger partial charge in [-0.2, -0.15) is 0 Å². The van der Waals surface area contributed by atoms with Crippen molar-refractivity contribution in [3.8, 4) is 0 Å². The van der Waals surface area contributed by atoms with Gasteiger partial charge in [0.2, 0.25) is 0 Å². The summed E-state index contributed by atoms with van der Waals surface area (Å²) in [6, 6.07) is 0. The van der Waals surface area contributed by atoms with Crippen LogP contribution in [0.4, 0.5) is 0 Å². The van der Waals surface area contributed by atoms with Crippen molar-refractivity contribution in [3.05, 3.63) is 0 Å². The van der Waals surface area contributed by atoms with Gasteiger partial charge in [-0.1, -0.05) is 0 Å². The Morgan fingerprint density at radius 1 is 1.25 bits per heavy atom. The van der Waals surface area contributed by atoms with Gasteiger partial charge in [0.25, 0.3) is 0 Å². The summed E-state index contributed by atoms with van der Waals surface area (Å²) in [5.74, 6) is 0. The molecule has 0 amide bonds. The van der Waals surface area contributed by atoms with Gasteiger partial charge >= 0.3 is 8.25 Å². The van der Waals surface area contributed by atoms with Gasteiger partial charge in [0.15, 0.2) is 0 Å². The van der Waals surface area contributed by atoms with Crippen molar-refractivity contribution in [2.24, 2.45) is 0 Å². The number of hydrogen-bond acceptors (Lipinski definition) is 6. The van der Waals surface area contributed by atoms with Crippen LogP contribution < -0.4 is 0 Å². The number of rotatable bonds is 4. The average molecular weight is 255 g/mol. The van der Waals surface area contributed by atoms with E-state index in [1.54, 1.807) is 6.92 Å². The third kappa shape index (κ3) is 3.43. The molecule has 1 fully saturated rings. The van der Waals surface area contributed by atoms with Gasteiger partial charge in [-0.25, -0.2) is 0 Å². The molecule has 6 atom stereocenters. The van der Waals surface area contributed by atoms with E-state index in [0.717, 1.165) is 0 Å². The summed E-state index contributed by atoms with van der Waals surface area (Å²) in [5.41, 5.74) is 0. The molecule has 0 bridgehead atoms. The molecule has 1 aliphatic rings. The first kappa shape index (κ1) is 13.9. The first-order valence-electron chi connectivity index (χ1n) is 4.92. The Morgan fingerprint density at radius 2 is 1.88 bits per heavy atom. The maximum Gasteiger partial charge on any atom is 0.694 e. The highest BCUT2D eigenvalue weighted by atomic mass is 31.1. The van der Waals surface area contributed by atoms with Gasteiger partial charge in [0, 0.05) is 11.0 Å². The van der Waals surface area contributed by atoms with E-state index in [1.807, 2.05) is 0 Å². The predicted octanol–water partition coefficient (Wildman–Crippen LogP) is -1.09. The first-order chi connectivity index (χ1) is 7.43. The second kappa shape index (κ2) is 5.97. The van der Waals surface area contributed by atoms with E-state index in [9.17, 15) is 19.9 Å². The molecular weight excluding hydrogens is 239 g/mol. The number of aliphatic hydroxyl groups is 3. The van der Waals surface area contributed by atoms with E-state index in [0.29, 0.717) is 0 Å². The van der Waals surface area contributed by atoms with Crippen LogP contribution in [0.15, 0.2) is 0 Å². The summed E-state index contributed by atoms with van der Waals surface area (Å²) in [4.78, 5) is 8.39. The molecule has 1 saturated heterocycles. The van der Waals surface area contributed by atoms with Gasteiger partial charge in [-0.3, -0.25) is 0 Å². The molecule has 7 nitrogen and oxygen atoms in total. The summed E-state index contributed by atoms with van der Waals surface area (Å²) < 4.78 is 19.9. The van der Waals surface area contributed by atoms with Crippen molar-refractivity contribution in [2.75, 3.05) is 6.61 Å². The monoisotopic (exact) mass is 255 g/mol. The zero-order valence-corrected chi connectivity index (χ0v) is 9.66. The summed E-state index contributed by atoms with van der Waals surface area (Å²) in [6.07, 6.45) is -4.81. The lowest BCUT2D eigenvalue weighted by molar-refractivity contribution is -0.219. The highest BCUT2D eigenvalue weighted by molar-refractivity contribution is 7.32. The van der Waals surface area contributed by atoms with E-state index in [2.05, 4.69) is 4.52 Å².